The van der Waals surface area contributed by atoms with Crippen molar-refractivity contribution < 1.29 is 0 Å². The highest BCUT2D eigenvalue weighted by Gasteiger charge is 2.17. The molecule has 0 radical (unpaired) electrons. The van der Waals surface area contributed by atoms with Gasteiger partial charge in [-0.3, -0.25) is 9.97 Å². The second-order valence-corrected chi connectivity index (χ2v) is 7.31. The van der Waals surface area contributed by atoms with Crippen LogP contribution in [0.25, 0.3) is 38.0 Å². The van der Waals surface area contributed by atoms with Gasteiger partial charge in [0.15, 0.2) is 5.82 Å². The summed E-state index contributed by atoms with van der Waals surface area (Å²) in [6, 6.07) is 11.1. The topological polar surface area (TPSA) is 68.9 Å². The standard InChI is InChI=1S/C17H8Cl2N6S/c18-10-2-3-11(12(19)8-10)15-22-23-17-25(15)24-16(26-17)9-1-4-13-14(7-9)21-6-5-20-13/h1-8H. The van der Waals surface area contributed by atoms with Crippen LogP contribution in [-0.2, 0) is 0 Å². The van der Waals surface area contributed by atoms with Crippen molar-refractivity contribution in [3.63, 3.8) is 0 Å². The highest BCUT2D eigenvalue weighted by Crippen LogP contribution is 2.32. The lowest BCUT2D eigenvalue weighted by Crippen LogP contribution is -1.92. The number of halogens is 2. The number of rotatable bonds is 2. The lowest BCUT2D eigenvalue weighted by molar-refractivity contribution is 0.971. The normalized spacial score (nSPS) is 11.5. The molecule has 26 heavy (non-hydrogen) atoms. The van der Waals surface area contributed by atoms with Crippen LogP contribution in [0.1, 0.15) is 0 Å². The summed E-state index contributed by atoms with van der Waals surface area (Å²) in [6.45, 7) is 0. The Balaban J connectivity index is 1.65. The monoisotopic (exact) mass is 398 g/mol. The second kappa shape index (κ2) is 5.98. The van der Waals surface area contributed by atoms with Gasteiger partial charge >= 0.3 is 0 Å². The van der Waals surface area contributed by atoms with Crippen LogP contribution in [0.5, 0.6) is 0 Å². The predicted octanol–water partition coefficient (Wildman–Crippen LogP) is 4.77. The van der Waals surface area contributed by atoms with E-state index in [2.05, 4.69) is 25.3 Å². The van der Waals surface area contributed by atoms with E-state index in [0.29, 0.717) is 20.8 Å². The molecule has 0 saturated carbocycles. The predicted molar refractivity (Wildman–Crippen MR) is 103 cm³/mol. The van der Waals surface area contributed by atoms with Crippen LogP contribution in [0, 0.1) is 0 Å². The van der Waals surface area contributed by atoms with E-state index < -0.39 is 0 Å². The molecule has 126 valence electrons. The van der Waals surface area contributed by atoms with Crippen molar-refractivity contribution >= 4 is 50.5 Å². The van der Waals surface area contributed by atoms with Gasteiger partial charge in [-0.1, -0.05) is 34.5 Å². The Morgan fingerprint density at radius 3 is 2.58 bits per heavy atom. The molecule has 0 aliphatic rings. The first kappa shape index (κ1) is 15.6. The molecule has 0 unspecified atom stereocenters. The Labute approximate surface area is 161 Å². The number of aromatic nitrogens is 6. The van der Waals surface area contributed by atoms with Gasteiger partial charge in [-0.2, -0.15) is 9.61 Å². The molecule has 9 heteroatoms. The van der Waals surface area contributed by atoms with Crippen molar-refractivity contribution in [3.05, 3.63) is 58.8 Å². The fraction of sp³-hybridized carbons (Fsp3) is 0. The third-order valence-corrected chi connectivity index (χ3v) is 5.37. The van der Waals surface area contributed by atoms with Crippen LogP contribution in [0.3, 0.4) is 0 Å². The average Bonchev–Trinajstić information content (AvgIpc) is 3.23. The first-order valence-electron chi connectivity index (χ1n) is 7.58. The quantitative estimate of drug-likeness (QED) is 0.428. The van der Waals surface area contributed by atoms with Gasteiger partial charge in [-0.15, -0.1) is 10.2 Å². The summed E-state index contributed by atoms with van der Waals surface area (Å²) in [7, 11) is 0. The van der Waals surface area contributed by atoms with Gasteiger partial charge in [-0.05, 0) is 36.4 Å². The van der Waals surface area contributed by atoms with Crippen LogP contribution >= 0.6 is 34.5 Å². The number of hydrogen-bond donors (Lipinski definition) is 0. The maximum absolute atomic E-state index is 6.31. The molecule has 0 atom stereocenters. The molecule has 2 aromatic carbocycles. The molecule has 6 nitrogen and oxygen atoms in total. The molecule has 3 heterocycles. The van der Waals surface area contributed by atoms with Crippen LogP contribution in [0.15, 0.2) is 48.8 Å². The molecular weight excluding hydrogens is 391 g/mol. The number of hydrogen-bond acceptors (Lipinski definition) is 6. The maximum atomic E-state index is 6.31. The van der Waals surface area contributed by atoms with Gasteiger partial charge < -0.3 is 0 Å². The molecule has 3 aromatic heterocycles. The summed E-state index contributed by atoms with van der Waals surface area (Å²) < 4.78 is 1.69. The Morgan fingerprint density at radius 1 is 0.885 bits per heavy atom. The summed E-state index contributed by atoms with van der Waals surface area (Å²) in [5.41, 5.74) is 3.33. The molecule has 0 aliphatic heterocycles. The van der Waals surface area contributed by atoms with Gasteiger partial charge in [0.2, 0.25) is 4.96 Å². The Morgan fingerprint density at radius 2 is 1.73 bits per heavy atom. The lowest BCUT2D eigenvalue weighted by atomic mass is 10.2. The van der Waals surface area contributed by atoms with Crippen molar-refractivity contribution in [3.8, 4) is 22.0 Å². The van der Waals surface area contributed by atoms with E-state index in [9.17, 15) is 0 Å². The number of benzene rings is 2. The van der Waals surface area contributed by atoms with Crippen molar-refractivity contribution in [1.29, 1.82) is 0 Å². The van der Waals surface area contributed by atoms with E-state index in [4.69, 9.17) is 23.2 Å². The third kappa shape index (κ3) is 2.52. The molecule has 0 bridgehead atoms. The van der Waals surface area contributed by atoms with Crippen molar-refractivity contribution in [2.45, 2.75) is 0 Å². The average molecular weight is 399 g/mol. The zero-order chi connectivity index (χ0) is 17.7. The fourth-order valence-corrected chi connectivity index (χ4v) is 4.00. The fourth-order valence-electron chi connectivity index (χ4n) is 2.67. The molecule has 0 spiro atoms. The number of fused-ring (bicyclic) bond motifs is 2. The summed E-state index contributed by atoms with van der Waals surface area (Å²) in [4.78, 5) is 9.31. The van der Waals surface area contributed by atoms with E-state index in [0.717, 1.165) is 27.2 Å². The van der Waals surface area contributed by atoms with Crippen LogP contribution in [0.4, 0.5) is 0 Å². The SMILES string of the molecule is Clc1ccc(-c2nnc3sc(-c4ccc5nccnc5c4)nn23)c(Cl)c1. The van der Waals surface area contributed by atoms with E-state index in [1.54, 1.807) is 29.0 Å². The van der Waals surface area contributed by atoms with E-state index in [1.807, 2.05) is 24.3 Å². The number of nitrogens with zero attached hydrogens (tertiary/aromatic N) is 6. The minimum atomic E-state index is 0.502. The Bertz CT molecular complexity index is 1280. The minimum absolute atomic E-state index is 0.502. The summed E-state index contributed by atoms with van der Waals surface area (Å²) in [5, 5.41) is 15.0. The second-order valence-electron chi connectivity index (χ2n) is 5.51. The summed E-state index contributed by atoms with van der Waals surface area (Å²) in [6.07, 6.45) is 3.35. The lowest BCUT2D eigenvalue weighted by Gasteiger charge is -2.01. The van der Waals surface area contributed by atoms with Gasteiger partial charge in [0.25, 0.3) is 0 Å². The van der Waals surface area contributed by atoms with Gasteiger partial charge in [0.1, 0.15) is 5.01 Å². The highest BCUT2D eigenvalue weighted by atomic mass is 35.5. The molecule has 5 aromatic rings. The maximum Gasteiger partial charge on any atom is 0.235 e. The highest BCUT2D eigenvalue weighted by molar-refractivity contribution is 7.19. The first-order chi connectivity index (χ1) is 12.7. The molecule has 0 amide bonds. The van der Waals surface area contributed by atoms with Crippen LogP contribution in [0.2, 0.25) is 10.0 Å². The van der Waals surface area contributed by atoms with Gasteiger partial charge in [0, 0.05) is 28.5 Å². The van der Waals surface area contributed by atoms with Crippen LogP contribution in [-0.4, -0.2) is 29.8 Å². The molecule has 0 saturated heterocycles. The largest absolute Gasteiger partial charge is 0.253 e. The third-order valence-electron chi connectivity index (χ3n) is 3.88. The molecular formula is C17H8Cl2N6S. The Hall–Kier alpha value is -2.61. The van der Waals surface area contributed by atoms with Gasteiger partial charge in [0.05, 0.1) is 16.1 Å². The smallest absolute Gasteiger partial charge is 0.235 e. The zero-order valence-corrected chi connectivity index (χ0v) is 15.3. The summed E-state index contributed by atoms with van der Waals surface area (Å²) >= 11 is 13.7. The van der Waals surface area contributed by atoms with Gasteiger partial charge in [-0.25, -0.2) is 0 Å². The van der Waals surface area contributed by atoms with E-state index in [1.165, 1.54) is 11.3 Å². The zero-order valence-electron chi connectivity index (χ0n) is 13.0. The summed E-state index contributed by atoms with van der Waals surface area (Å²) in [5.74, 6) is 0.574. The molecule has 0 aliphatic carbocycles. The van der Waals surface area contributed by atoms with Crippen molar-refractivity contribution in [2.24, 2.45) is 0 Å². The van der Waals surface area contributed by atoms with E-state index >= 15 is 0 Å². The Kier molecular flexibility index (Phi) is 3.59. The van der Waals surface area contributed by atoms with E-state index in [-0.39, 0.29) is 0 Å². The molecule has 0 N–H and O–H groups in total. The van der Waals surface area contributed by atoms with Crippen LogP contribution < -0.4 is 0 Å². The minimum Gasteiger partial charge on any atom is -0.253 e. The van der Waals surface area contributed by atoms with Crippen molar-refractivity contribution in [2.75, 3.05) is 0 Å². The molecule has 0 fully saturated rings. The molecule has 5 rings (SSSR count). The first-order valence-corrected chi connectivity index (χ1v) is 9.15. The van der Waals surface area contributed by atoms with Crippen molar-refractivity contribution in [1.82, 2.24) is 29.8 Å².